The summed E-state index contributed by atoms with van der Waals surface area (Å²) in [5.41, 5.74) is 1.56. The molecule has 24 heavy (non-hydrogen) atoms. The molecular formula is C18H28N4O2. The number of amides is 2. The van der Waals surface area contributed by atoms with E-state index >= 15 is 0 Å². The SMILES string of the molecule is CCCN(CC)C(=O)c1ncn2c1CCC(C(=O)NCC1CC1)C2. The third-order valence-corrected chi connectivity index (χ3v) is 5.09. The fourth-order valence-corrected chi connectivity index (χ4v) is 3.39. The van der Waals surface area contributed by atoms with Gasteiger partial charge in [0.2, 0.25) is 5.91 Å². The number of carbonyl (C=O) groups excluding carboxylic acids is 2. The summed E-state index contributed by atoms with van der Waals surface area (Å²) in [5.74, 6) is 0.857. The van der Waals surface area contributed by atoms with Crippen LogP contribution in [0.3, 0.4) is 0 Å². The van der Waals surface area contributed by atoms with Crippen LogP contribution >= 0.6 is 0 Å². The predicted octanol–water partition coefficient (Wildman–Crippen LogP) is 1.84. The van der Waals surface area contributed by atoms with Crippen molar-refractivity contribution in [3.8, 4) is 0 Å². The number of fused-ring (bicyclic) bond motifs is 1. The van der Waals surface area contributed by atoms with Crippen LogP contribution in [0.25, 0.3) is 0 Å². The number of hydrogen-bond acceptors (Lipinski definition) is 3. The molecule has 1 unspecified atom stereocenters. The molecule has 1 aliphatic heterocycles. The van der Waals surface area contributed by atoms with Gasteiger partial charge in [0.05, 0.1) is 17.9 Å². The second kappa shape index (κ2) is 7.36. The largest absolute Gasteiger partial charge is 0.356 e. The molecule has 1 aromatic rings. The highest BCUT2D eigenvalue weighted by Crippen LogP contribution is 2.28. The zero-order valence-electron chi connectivity index (χ0n) is 14.8. The molecule has 1 aliphatic carbocycles. The van der Waals surface area contributed by atoms with Gasteiger partial charge in [-0.05, 0) is 44.9 Å². The van der Waals surface area contributed by atoms with E-state index in [2.05, 4.69) is 17.2 Å². The Balaban J connectivity index is 1.64. The van der Waals surface area contributed by atoms with Crippen molar-refractivity contribution in [3.63, 3.8) is 0 Å². The van der Waals surface area contributed by atoms with Crippen LogP contribution in [0.1, 0.15) is 55.7 Å². The summed E-state index contributed by atoms with van der Waals surface area (Å²) in [5, 5.41) is 3.07. The lowest BCUT2D eigenvalue weighted by Crippen LogP contribution is -2.37. The molecule has 1 atom stereocenters. The van der Waals surface area contributed by atoms with Gasteiger partial charge in [-0.3, -0.25) is 9.59 Å². The molecule has 132 valence electrons. The first kappa shape index (κ1) is 17.0. The molecule has 1 N–H and O–H groups in total. The Morgan fingerprint density at radius 1 is 1.33 bits per heavy atom. The Morgan fingerprint density at radius 2 is 2.12 bits per heavy atom. The van der Waals surface area contributed by atoms with Crippen LogP contribution in [-0.2, 0) is 17.8 Å². The van der Waals surface area contributed by atoms with Crippen molar-refractivity contribution >= 4 is 11.8 Å². The molecule has 2 heterocycles. The van der Waals surface area contributed by atoms with Crippen LogP contribution in [0, 0.1) is 11.8 Å². The van der Waals surface area contributed by atoms with Crippen molar-refractivity contribution in [2.24, 2.45) is 11.8 Å². The summed E-state index contributed by atoms with van der Waals surface area (Å²) in [6.45, 7) is 6.98. The molecule has 2 amide bonds. The standard InChI is InChI=1S/C18H28N4O2/c1-3-9-21(4-2)18(24)16-15-8-7-14(11-22(15)12-20-16)17(23)19-10-13-5-6-13/h12-14H,3-11H2,1-2H3,(H,19,23). The minimum atomic E-state index is -0.00804. The molecule has 0 aromatic carbocycles. The Bertz CT molecular complexity index is 606. The van der Waals surface area contributed by atoms with Crippen molar-refractivity contribution in [1.29, 1.82) is 0 Å². The van der Waals surface area contributed by atoms with Crippen LogP contribution in [-0.4, -0.2) is 45.9 Å². The Morgan fingerprint density at radius 3 is 2.79 bits per heavy atom. The molecular weight excluding hydrogens is 304 g/mol. The second-order valence-corrected chi connectivity index (χ2v) is 7.00. The van der Waals surface area contributed by atoms with Crippen molar-refractivity contribution in [3.05, 3.63) is 17.7 Å². The van der Waals surface area contributed by atoms with E-state index in [1.807, 2.05) is 16.4 Å². The lowest BCUT2D eigenvalue weighted by molar-refractivity contribution is -0.126. The minimum Gasteiger partial charge on any atom is -0.356 e. The number of imidazole rings is 1. The van der Waals surface area contributed by atoms with Gasteiger partial charge >= 0.3 is 0 Å². The maximum atomic E-state index is 12.7. The number of rotatable bonds is 7. The quantitative estimate of drug-likeness (QED) is 0.828. The monoisotopic (exact) mass is 332 g/mol. The molecule has 6 nitrogen and oxygen atoms in total. The van der Waals surface area contributed by atoms with Gasteiger partial charge in [0.25, 0.3) is 5.91 Å². The molecule has 1 fully saturated rings. The molecule has 1 saturated carbocycles. The zero-order chi connectivity index (χ0) is 17.1. The van der Waals surface area contributed by atoms with Gasteiger partial charge in [0.1, 0.15) is 5.69 Å². The van der Waals surface area contributed by atoms with E-state index in [9.17, 15) is 9.59 Å². The summed E-state index contributed by atoms with van der Waals surface area (Å²) < 4.78 is 2.00. The predicted molar refractivity (Wildman–Crippen MR) is 91.6 cm³/mol. The van der Waals surface area contributed by atoms with Crippen molar-refractivity contribution in [1.82, 2.24) is 19.8 Å². The number of carbonyl (C=O) groups is 2. The smallest absolute Gasteiger partial charge is 0.274 e. The normalized spacial score (nSPS) is 19.7. The van der Waals surface area contributed by atoms with E-state index in [-0.39, 0.29) is 17.7 Å². The Labute approximate surface area is 143 Å². The Kier molecular flexibility index (Phi) is 5.21. The van der Waals surface area contributed by atoms with Gasteiger partial charge in [-0.1, -0.05) is 6.92 Å². The lowest BCUT2D eigenvalue weighted by Gasteiger charge is -2.25. The van der Waals surface area contributed by atoms with Crippen LogP contribution in [0.4, 0.5) is 0 Å². The van der Waals surface area contributed by atoms with Gasteiger partial charge in [-0.2, -0.15) is 0 Å². The molecule has 3 rings (SSSR count). The first-order valence-electron chi connectivity index (χ1n) is 9.25. The highest BCUT2D eigenvalue weighted by Gasteiger charge is 2.30. The molecule has 0 spiro atoms. The molecule has 0 bridgehead atoms. The van der Waals surface area contributed by atoms with Crippen LogP contribution in [0.2, 0.25) is 0 Å². The van der Waals surface area contributed by atoms with Crippen molar-refractivity contribution in [2.75, 3.05) is 19.6 Å². The third-order valence-electron chi connectivity index (χ3n) is 5.09. The maximum absolute atomic E-state index is 12.7. The van der Waals surface area contributed by atoms with Gasteiger partial charge in [0.15, 0.2) is 0 Å². The number of nitrogens with zero attached hydrogens (tertiary/aromatic N) is 3. The van der Waals surface area contributed by atoms with E-state index in [1.165, 1.54) is 12.8 Å². The van der Waals surface area contributed by atoms with Crippen molar-refractivity contribution in [2.45, 2.75) is 52.5 Å². The first-order valence-corrected chi connectivity index (χ1v) is 9.25. The highest BCUT2D eigenvalue weighted by molar-refractivity contribution is 5.93. The van der Waals surface area contributed by atoms with Crippen LogP contribution in [0.15, 0.2) is 6.33 Å². The fourth-order valence-electron chi connectivity index (χ4n) is 3.39. The summed E-state index contributed by atoms with van der Waals surface area (Å²) in [7, 11) is 0. The number of hydrogen-bond donors (Lipinski definition) is 1. The van der Waals surface area contributed by atoms with Crippen LogP contribution in [0.5, 0.6) is 0 Å². The molecule has 2 aliphatic rings. The summed E-state index contributed by atoms with van der Waals surface area (Å²) in [6, 6.07) is 0. The molecule has 0 radical (unpaired) electrons. The minimum absolute atomic E-state index is 0.00804. The Hall–Kier alpha value is -1.85. The average Bonchev–Trinajstić information content (AvgIpc) is 3.34. The maximum Gasteiger partial charge on any atom is 0.274 e. The fraction of sp³-hybridized carbons (Fsp3) is 0.722. The third kappa shape index (κ3) is 3.62. The number of nitrogens with one attached hydrogen (secondary N) is 1. The topological polar surface area (TPSA) is 67.2 Å². The molecule has 1 aromatic heterocycles. The van der Waals surface area contributed by atoms with E-state index in [4.69, 9.17) is 0 Å². The highest BCUT2D eigenvalue weighted by atomic mass is 16.2. The summed E-state index contributed by atoms with van der Waals surface area (Å²) >= 11 is 0. The summed E-state index contributed by atoms with van der Waals surface area (Å²) in [4.78, 5) is 31.2. The number of aromatic nitrogens is 2. The van der Waals surface area contributed by atoms with E-state index in [0.29, 0.717) is 24.7 Å². The second-order valence-electron chi connectivity index (χ2n) is 7.00. The summed E-state index contributed by atoms with van der Waals surface area (Å²) in [6.07, 6.45) is 6.69. The van der Waals surface area contributed by atoms with E-state index in [1.54, 1.807) is 6.33 Å². The molecule has 6 heteroatoms. The van der Waals surface area contributed by atoms with Gasteiger partial charge < -0.3 is 14.8 Å². The van der Waals surface area contributed by atoms with Crippen molar-refractivity contribution < 1.29 is 9.59 Å². The van der Waals surface area contributed by atoms with E-state index < -0.39 is 0 Å². The van der Waals surface area contributed by atoms with E-state index in [0.717, 1.165) is 38.0 Å². The van der Waals surface area contributed by atoms with Crippen LogP contribution < -0.4 is 5.32 Å². The van der Waals surface area contributed by atoms with Gasteiger partial charge in [-0.25, -0.2) is 4.98 Å². The lowest BCUT2D eigenvalue weighted by atomic mass is 9.96. The van der Waals surface area contributed by atoms with Gasteiger partial charge in [-0.15, -0.1) is 0 Å². The first-order chi connectivity index (χ1) is 11.6. The molecule has 0 saturated heterocycles. The average molecular weight is 332 g/mol. The zero-order valence-corrected chi connectivity index (χ0v) is 14.8. The van der Waals surface area contributed by atoms with Gasteiger partial charge in [0, 0.05) is 26.2 Å².